The van der Waals surface area contributed by atoms with Crippen LogP contribution >= 0.6 is 11.6 Å². The summed E-state index contributed by atoms with van der Waals surface area (Å²) in [6.45, 7) is 6.16. The van der Waals surface area contributed by atoms with Gasteiger partial charge < -0.3 is 15.5 Å². The van der Waals surface area contributed by atoms with Crippen LogP contribution in [0.3, 0.4) is 0 Å². The van der Waals surface area contributed by atoms with E-state index in [0.717, 1.165) is 6.42 Å². The van der Waals surface area contributed by atoms with E-state index in [1.54, 1.807) is 30.1 Å². The van der Waals surface area contributed by atoms with Gasteiger partial charge in [0, 0.05) is 37.5 Å². The quantitative estimate of drug-likeness (QED) is 0.764. The highest BCUT2D eigenvalue weighted by Crippen LogP contribution is 2.37. The molecule has 0 bridgehead atoms. The maximum atomic E-state index is 12.4. The van der Waals surface area contributed by atoms with Gasteiger partial charge in [-0.05, 0) is 44.4 Å². The summed E-state index contributed by atoms with van der Waals surface area (Å²) in [5.74, 6) is 0.128. The van der Waals surface area contributed by atoms with Crippen molar-refractivity contribution in [2.75, 3.05) is 18.9 Å². The third kappa shape index (κ3) is 5.21. The molecule has 1 aromatic carbocycles. The van der Waals surface area contributed by atoms with E-state index in [0.29, 0.717) is 22.2 Å². The lowest BCUT2D eigenvalue weighted by Crippen LogP contribution is -2.33. The fraction of sp³-hybridized carbons (Fsp3) is 0.526. The molecular weight excluding hydrogens is 354 g/mol. The molecule has 142 valence electrons. The number of carbonyl (C=O) groups is 3. The highest BCUT2D eigenvalue weighted by atomic mass is 35.5. The van der Waals surface area contributed by atoms with Crippen molar-refractivity contribution in [1.82, 2.24) is 10.2 Å². The Balaban J connectivity index is 1.91. The van der Waals surface area contributed by atoms with Gasteiger partial charge in [0.2, 0.25) is 11.8 Å². The van der Waals surface area contributed by atoms with Crippen molar-refractivity contribution < 1.29 is 14.4 Å². The third-order valence-corrected chi connectivity index (χ3v) is 5.01. The third-order valence-electron chi connectivity index (χ3n) is 4.68. The Morgan fingerprint density at radius 2 is 1.96 bits per heavy atom. The minimum atomic E-state index is -0.266. The van der Waals surface area contributed by atoms with E-state index >= 15 is 0 Å². The average Bonchev–Trinajstić information content (AvgIpc) is 3.32. The van der Waals surface area contributed by atoms with Gasteiger partial charge in [-0.2, -0.15) is 0 Å². The number of benzene rings is 1. The number of anilines is 1. The molecule has 0 saturated heterocycles. The summed E-state index contributed by atoms with van der Waals surface area (Å²) in [5.41, 5.74) is 0.846. The lowest BCUT2D eigenvalue weighted by molar-refractivity contribution is -0.122. The molecule has 1 fully saturated rings. The lowest BCUT2D eigenvalue weighted by Gasteiger charge is -2.22. The van der Waals surface area contributed by atoms with Crippen LogP contribution in [-0.2, 0) is 9.59 Å². The van der Waals surface area contributed by atoms with Gasteiger partial charge in [0.05, 0.1) is 10.7 Å². The van der Waals surface area contributed by atoms with Crippen molar-refractivity contribution in [3.05, 3.63) is 28.8 Å². The SMILES string of the molecule is CC(C)N(C)C(=O)c1ccc(Cl)c(NC(=O)CCNC(=O)[C@H]2C[C@@H]2C)c1. The molecule has 0 radical (unpaired) electrons. The second-order valence-electron chi connectivity index (χ2n) is 7.11. The molecule has 0 spiro atoms. The minimum absolute atomic E-state index is 0.00708. The molecule has 6 nitrogen and oxygen atoms in total. The first-order chi connectivity index (χ1) is 12.2. The maximum absolute atomic E-state index is 12.4. The van der Waals surface area contributed by atoms with Crippen molar-refractivity contribution in [2.24, 2.45) is 11.8 Å². The van der Waals surface area contributed by atoms with Gasteiger partial charge in [-0.1, -0.05) is 18.5 Å². The number of nitrogens with zero attached hydrogens (tertiary/aromatic N) is 1. The Kier molecular flexibility index (Phi) is 6.64. The fourth-order valence-electron chi connectivity index (χ4n) is 2.52. The predicted octanol–water partition coefficient (Wildman–Crippen LogP) is 2.92. The predicted molar refractivity (Wildman–Crippen MR) is 102 cm³/mol. The van der Waals surface area contributed by atoms with Crippen LogP contribution in [0.1, 0.15) is 44.0 Å². The Bertz CT molecular complexity index is 705. The van der Waals surface area contributed by atoms with E-state index in [4.69, 9.17) is 11.6 Å². The van der Waals surface area contributed by atoms with Crippen LogP contribution in [0.2, 0.25) is 5.02 Å². The largest absolute Gasteiger partial charge is 0.355 e. The van der Waals surface area contributed by atoms with Gasteiger partial charge in [0.15, 0.2) is 0 Å². The summed E-state index contributed by atoms with van der Waals surface area (Å²) in [5, 5.41) is 5.84. The molecule has 2 atom stereocenters. The first-order valence-corrected chi connectivity index (χ1v) is 9.22. The number of hydrogen-bond acceptors (Lipinski definition) is 3. The van der Waals surface area contributed by atoms with Crippen molar-refractivity contribution >= 4 is 35.0 Å². The van der Waals surface area contributed by atoms with Crippen LogP contribution in [0, 0.1) is 11.8 Å². The molecule has 3 amide bonds. The van der Waals surface area contributed by atoms with Gasteiger partial charge in [-0.3, -0.25) is 14.4 Å². The average molecular weight is 380 g/mol. The normalized spacial score (nSPS) is 18.4. The van der Waals surface area contributed by atoms with E-state index in [1.807, 2.05) is 20.8 Å². The maximum Gasteiger partial charge on any atom is 0.253 e. The van der Waals surface area contributed by atoms with Crippen LogP contribution in [0.4, 0.5) is 5.69 Å². The van der Waals surface area contributed by atoms with Crippen molar-refractivity contribution in [3.8, 4) is 0 Å². The summed E-state index contributed by atoms with van der Waals surface area (Å²) in [7, 11) is 1.73. The topological polar surface area (TPSA) is 78.5 Å². The molecule has 1 saturated carbocycles. The first-order valence-electron chi connectivity index (χ1n) is 8.85. The van der Waals surface area contributed by atoms with E-state index in [9.17, 15) is 14.4 Å². The van der Waals surface area contributed by atoms with Gasteiger partial charge in [-0.25, -0.2) is 0 Å². The second-order valence-corrected chi connectivity index (χ2v) is 7.52. The minimum Gasteiger partial charge on any atom is -0.355 e. The zero-order valence-corrected chi connectivity index (χ0v) is 16.4. The van der Waals surface area contributed by atoms with Crippen LogP contribution in [0.15, 0.2) is 18.2 Å². The van der Waals surface area contributed by atoms with Gasteiger partial charge >= 0.3 is 0 Å². The Morgan fingerprint density at radius 1 is 1.31 bits per heavy atom. The van der Waals surface area contributed by atoms with Crippen molar-refractivity contribution in [1.29, 1.82) is 0 Å². The Labute approximate surface area is 159 Å². The molecule has 2 rings (SSSR count). The molecule has 0 heterocycles. The van der Waals surface area contributed by atoms with E-state index in [1.165, 1.54) is 0 Å². The molecule has 7 heteroatoms. The highest BCUT2D eigenvalue weighted by molar-refractivity contribution is 6.33. The van der Waals surface area contributed by atoms with Gasteiger partial charge in [0.1, 0.15) is 0 Å². The fourth-order valence-corrected chi connectivity index (χ4v) is 2.69. The Morgan fingerprint density at radius 3 is 2.54 bits per heavy atom. The highest BCUT2D eigenvalue weighted by Gasteiger charge is 2.38. The molecule has 26 heavy (non-hydrogen) atoms. The van der Waals surface area contributed by atoms with Crippen molar-refractivity contribution in [3.63, 3.8) is 0 Å². The summed E-state index contributed by atoms with van der Waals surface area (Å²) in [4.78, 5) is 37.9. The number of carbonyl (C=O) groups excluding carboxylic acids is 3. The summed E-state index contributed by atoms with van der Waals surface area (Å²) < 4.78 is 0. The molecule has 1 aliphatic rings. The monoisotopic (exact) mass is 379 g/mol. The summed E-state index contributed by atoms with van der Waals surface area (Å²) in [6.07, 6.45) is 1.06. The van der Waals surface area contributed by atoms with E-state index in [-0.39, 0.29) is 42.6 Å². The van der Waals surface area contributed by atoms with Gasteiger partial charge in [0.25, 0.3) is 5.91 Å². The molecule has 2 N–H and O–H groups in total. The number of rotatable bonds is 7. The molecular formula is C19H26ClN3O3. The number of hydrogen-bond donors (Lipinski definition) is 2. The van der Waals surface area contributed by atoms with E-state index in [2.05, 4.69) is 10.6 Å². The number of halogens is 1. The van der Waals surface area contributed by atoms with Crippen molar-refractivity contribution in [2.45, 2.75) is 39.7 Å². The summed E-state index contributed by atoms with van der Waals surface area (Å²) in [6, 6.07) is 4.87. The van der Waals surface area contributed by atoms with E-state index < -0.39 is 0 Å². The molecule has 0 unspecified atom stereocenters. The standard InChI is InChI=1S/C19H26ClN3O3/c1-11(2)23(4)19(26)13-5-6-15(20)16(10-13)22-17(24)7-8-21-18(25)14-9-12(14)3/h5-6,10-12,14H,7-9H2,1-4H3,(H,21,25)(H,22,24)/t12-,14-/m0/s1. The molecule has 0 aliphatic heterocycles. The smallest absolute Gasteiger partial charge is 0.253 e. The van der Waals surface area contributed by atoms with Crippen LogP contribution in [0.5, 0.6) is 0 Å². The van der Waals surface area contributed by atoms with Crippen LogP contribution in [-0.4, -0.2) is 42.3 Å². The zero-order valence-electron chi connectivity index (χ0n) is 15.6. The molecule has 1 aliphatic carbocycles. The van der Waals surface area contributed by atoms with Crippen LogP contribution in [0.25, 0.3) is 0 Å². The molecule has 1 aromatic rings. The Hall–Kier alpha value is -2.08. The second kappa shape index (κ2) is 8.54. The van der Waals surface area contributed by atoms with Crippen LogP contribution < -0.4 is 10.6 Å². The number of nitrogens with one attached hydrogen (secondary N) is 2. The lowest BCUT2D eigenvalue weighted by atomic mass is 10.1. The zero-order chi connectivity index (χ0) is 19.4. The number of amides is 3. The summed E-state index contributed by atoms with van der Waals surface area (Å²) >= 11 is 6.13. The first kappa shape index (κ1) is 20.2. The molecule has 0 aromatic heterocycles. The van der Waals surface area contributed by atoms with Gasteiger partial charge in [-0.15, -0.1) is 0 Å².